The van der Waals surface area contributed by atoms with Crippen molar-refractivity contribution >= 4 is 5.69 Å². The molecule has 2 rings (SSSR count). The van der Waals surface area contributed by atoms with Gasteiger partial charge in [0, 0.05) is 5.28 Å². The van der Waals surface area contributed by atoms with Crippen molar-refractivity contribution in [1.29, 1.82) is 0 Å². The molecule has 0 fully saturated rings. The highest BCUT2D eigenvalue weighted by molar-refractivity contribution is 5.40. The predicted molar refractivity (Wildman–Crippen MR) is 45.3 cm³/mol. The van der Waals surface area contributed by atoms with Gasteiger partial charge < -0.3 is 4.84 Å². The Morgan fingerprint density at radius 3 is 2.75 bits per heavy atom. The Morgan fingerprint density at radius 1 is 1.25 bits per heavy atom. The van der Waals surface area contributed by atoms with Gasteiger partial charge in [-0.2, -0.15) is 0 Å². The Kier molecular flexibility index (Phi) is 1.83. The van der Waals surface area contributed by atoms with Crippen LogP contribution in [0.2, 0.25) is 0 Å². The first-order chi connectivity index (χ1) is 5.95. The maximum atomic E-state index is 4.99. The number of hydrazine groups is 2. The molecule has 12 heavy (non-hydrogen) atoms. The van der Waals surface area contributed by atoms with Crippen LogP contribution >= 0.6 is 0 Å². The second-order valence-electron chi connectivity index (χ2n) is 2.31. The van der Waals surface area contributed by atoms with Gasteiger partial charge in [-0.25, -0.2) is 0 Å². The van der Waals surface area contributed by atoms with Crippen LogP contribution in [0.15, 0.2) is 42.8 Å². The molecule has 0 aliphatic carbocycles. The van der Waals surface area contributed by atoms with E-state index in [2.05, 4.69) is 10.9 Å². The summed E-state index contributed by atoms with van der Waals surface area (Å²) in [6.45, 7) is 0. The lowest BCUT2D eigenvalue weighted by Gasteiger charge is -2.15. The molecule has 1 aromatic carbocycles. The first-order valence-electron chi connectivity index (χ1n) is 3.65. The van der Waals surface area contributed by atoms with E-state index >= 15 is 0 Å². The quantitative estimate of drug-likeness (QED) is 0.687. The fourth-order valence-corrected chi connectivity index (χ4v) is 0.908. The summed E-state index contributed by atoms with van der Waals surface area (Å²) in [5, 5.41) is 1.41. The van der Waals surface area contributed by atoms with Crippen molar-refractivity contribution in [3.8, 4) is 0 Å². The fourth-order valence-electron chi connectivity index (χ4n) is 0.908. The SMILES string of the molecule is C1=CON(Nc2ccccc2)N1. The molecular weight excluding hydrogens is 154 g/mol. The molecule has 0 saturated heterocycles. The van der Waals surface area contributed by atoms with E-state index in [1.165, 1.54) is 5.28 Å². The van der Waals surface area contributed by atoms with Crippen molar-refractivity contribution in [1.82, 2.24) is 10.7 Å². The molecule has 2 N–H and O–H groups in total. The number of anilines is 1. The molecule has 1 aliphatic heterocycles. The lowest BCUT2D eigenvalue weighted by molar-refractivity contribution is -0.0885. The molecule has 0 aromatic heterocycles. The summed E-state index contributed by atoms with van der Waals surface area (Å²) in [5.74, 6) is 0. The minimum absolute atomic E-state index is 0.966. The summed E-state index contributed by atoms with van der Waals surface area (Å²) in [6, 6.07) is 9.76. The van der Waals surface area contributed by atoms with Gasteiger partial charge in [0.25, 0.3) is 0 Å². The number of para-hydroxylation sites is 1. The van der Waals surface area contributed by atoms with Gasteiger partial charge in [0.05, 0.1) is 11.9 Å². The van der Waals surface area contributed by atoms with Crippen molar-refractivity contribution in [2.24, 2.45) is 0 Å². The second-order valence-corrected chi connectivity index (χ2v) is 2.31. The average Bonchev–Trinajstić information content (AvgIpc) is 2.59. The topological polar surface area (TPSA) is 36.5 Å². The van der Waals surface area contributed by atoms with Crippen LogP contribution in [0.3, 0.4) is 0 Å². The smallest absolute Gasteiger partial charge is 0.133 e. The summed E-state index contributed by atoms with van der Waals surface area (Å²) in [6.07, 6.45) is 3.24. The van der Waals surface area contributed by atoms with Gasteiger partial charge in [-0.3, -0.25) is 10.9 Å². The minimum atomic E-state index is 0.966. The summed E-state index contributed by atoms with van der Waals surface area (Å²) < 4.78 is 0. The largest absolute Gasteiger partial charge is 0.373 e. The molecule has 62 valence electrons. The van der Waals surface area contributed by atoms with E-state index in [0.29, 0.717) is 0 Å². The van der Waals surface area contributed by atoms with Crippen molar-refractivity contribution < 1.29 is 4.84 Å². The summed E-state index contributed by atoms with van der Waals surface area (Å²) >= 11 is 0. The average molecular weight is 163 g/mol. The normalized spacial score (nSPS) is 15.3. The van der Waals surface area contributed by atoms with Crippen molar-refractivity contribution in [2.75, 3.05) is 5.43 Å². The maximum absolute atomic E-state index is 4.99. The van der Waals surface area contributed by atoms with Gasteiger partial charge in [0.15, 0.2) is 0 Å². The van der Waals surface area contributed by atoms with Gasteiger partial charge in [-0.05, 0) is 12.1 Å². The van der Waals surface area contributed by atoms with Gasteiger partial charge >= 0.3 is 0 Å². The predicted octanol–water partition coefficient (Wildman–Crippen LogP) is 1.24. The van der Waals surface area contributed by atoms with E-state index in [1.54, 1.807) is 12.5 Å². The van der Waals surface area contributed by atoms with Gasteiger partial charge in [-0.15, -0.1) is 0 Å². The second kappa shape index (κ2) is 3.15. The molecule has 0 saturated carbocycles. The van der Waals surface area contributed by atoms with Crippen LogP contribution < -0.4 is 10.9 Å². The number of benzene rings is 1. The highest BCUT2D eigenvalue weighted by Gasteiger charge is 2.04. The van der Waals surface area contributed by atoms with E-state index in [1.807, 2.05) is 30.3 Å². The Bertz CT molecular complexity index is 265. The monoisotopic (exact) mass is 163 g/mol. The Morgan fingerprint density at radius 2 is 2.08 bits per heavy atom. The number of hydrogen-bond donors (Lipinski definition) is 2. The van der Waals surface area contributed by atoms with E-state index < -0.39 is 0 Å². The molecule has 4 nitrogen and oxygen atoms in total. The first kappa shape index (κ1) is 7.00. The van der Waals surface area contributed by atoms with E-state index in [4.69, 9.17) is 4.84 Å². The fraction of sp³-hybridized carbons (Fsp3) is 0. The van der Waals surface area contributed by atoms with Crippen LogP contribution in [-0.4, -0.2) is 5.28 Å². The van der Waals surface area contributed by atoms with Crippen molar-refractivity contribution in [3.05, 3.63) is 42.8 Å². The van der Waals surface area contributed by atoms with E-state index in [0.717, 1.165) is 5.69 Å². The Labute approximate surface area is 70.3 Å². The highest BCUT2D eigenvalue weighted by atomic mass is 16.7. The van der Waals surface area contributed by atoms with E-state index in [9.17, 15) is 0 Å². The van der Waals surface area contributed by atoms with Gasteiger partial charge in [0.1, 0.15) is 6.26 Å². The van der Waals surface area contributed by atoms with Crippen molar-refractivity contribution in [3.63, 3.8) is 0 Å². The van der Waals surface area contributed by atoms with Gasteiger partial charge in [-0.1, -0.05) is 18.2 Å². The van der Waals surface area contributed by atoms with Crippen LogP contribution in [0.25, 0.3) is 0 Å². The summed E-state index contributed by atoms with van der Waals surface area (Å²) in [5.41, 5.74) is 6.77. The van der Waals surface area contributed by atoms with Crippen LogP contribution in [0.5, 0.6) is 0 Å². The lowest BCUT2D eigenvalue weighted by Crippen LogP contribution is -2.34. The number of nitrogens with one attached hydrogen (secondary N) is 2. The minimum Gasteiger partial charge on any atom is -0.373 e. The number of rotatable bonds is 2. The molecule has 1 heterocycles. The Balaban J connectivity index is 1.95. The first-order valence-corrected chi connectivity index (χ1v) is 3.65. The van der Waals surface area contributed by atoms with Crippen LogP contribution in [0, 0.1) is 0 Å². The van der Waals surface area contributed by atoms with Crippen molar-refractivity contribution in [2.45, 2.75) is 0 Å². The number of hydrogen-bond acceptors (Lipinski definition) is 4. The summed E-state index contributed by atoms with van der Waals surface area (Å²) in [7, 11) is 0. The van der Waals surface area contributed by atoms with Gasteiger partial charge in [0.2, 0.25) is 0 Å². The Hall–Kier alpha value is -1.68. The standard InChI is InChI=1S/C8H9N3O/c1-2-4-8(5-3-1)10-11-9-6-7-12-11/h1-7,9-10H. The number of nitrogens with zero attached hydrogens (tertiary/aromatic N) is 1. The molecule has 1 aliphatic rings. The highest BCUT2D eigenvalue weighted by Crippen LogP contribution is 2.06. The third-order valence-corrected chi connectivity index (χ3v) is 1.43. The molecule has 0 unspecified atom stereocenters. The third-order valence-electron chi connectivity index (χ3n) is 1.43. The summed E-state index contributed by atoms with van der Waals surface area (Å²) in [4.78, 5) is 4.99. The molecule has 0 atom stereocenters. The zero-order valence-corrected chi connectivity index (χ0v) is 6.40. The molecule has 1 aromatic rings. The van der Waals surface area contributed by atoms with E-state index in [-0.39, 0.29) is 0 Å². The molecule has 0 radical (unpaired) electrons. The zero-order chi connectivity index (χ0) is 8.23. The molecule has 0 amide bonds. The molecule has 0 bridgehead atoms. The zero-order valence-electron chi connectivity index (χ0n) is 6.40. The van der Waals surface area contributed by atoms with Crippen LogP contribution in [-0.2, 0) is 4.84 Å². The molecule has 4 heteroatoms. The molecular formula is C8H9N3O. The molecule has 0 spiro atoms. The lowest BCUT2D eigenvalue weighted by atomic mass is 10.3. The van der Waals surface area contributed by atoms with Crippen LogP contribution in [0.4, 0.5) is 5.69 Å². The third kappa shape index (κ3) is 1.49. The maximum Gasteiger partial charge on any atom is 0.133 e. The van der Waals surface area contributed by atoms with Crippen LogP contribution in [0.1, 0.15) is 0 Å².